The van der Waals surface area contributed by atoms with E-state index in [-0.39, 0.29) is 18.4 Å². The summed E-state index contributed by atoms with van der Waals surface area (Å²) in [6.45, 7) is 2.88. The molecule has 2 heterocycles. The van der Waals surface area contributed by atoms with E-state index in [1.54, 1.807) is 0 Å². The molecule has 9 heteroatoms. The molecule has 0 atom stereocenters. The number of benzene rings is 1. The highest BCUT2D eigenvalue weighted by Crippen LogP contribution is 2.20. The molecule has 1 aliphatic heterocycles. The Bertz CT molecular complexity index is 886. The summed E-state index contributed by atoms with van der Waals surface area (Å²) in [5.41, 5.74) is 1.96. The number of carbonyl (C=O) groups is 1. The van der Waals surface area contributed by atoms with Crippen LogP contribution in [0.15, 0.2) is 28.8 Å². The Morgan fingerprint density at radius 2 is 2.08 bits per heavy atom. The molecule has 140 valence electrons. The second-order valence-corrected chi connectivity index (χ2v) is 8.52. The van der Waals surface area contributed by atoms with Crippen molar-refractivity contribution in [1.82, 2.24) is 19.8 Å². The Kier molecular flexibility index (Phi) is 5.38. The predicted molar refractivity (Wildman–Crippen MR) is 95.5 cm³/mol. The summed E-state index contributed by atoms with van der Waals surface area (Å²) in [6, 6.07) is 7.77. The number of sulfonamides is 1. The van der Waals surface area contributed by atoms with Gasteiger partial charge in [0.1, 0.15) is 0 Å². The molecule has 26 heavy (non-hydrogen) atoms. The zero-order chi connectivity index (χ0) is 18.7. The lowest BCUT2D eigenvalue weighted by molar-refractivity contribution is -0.126. The molecule has 8 nitrogen and oxygen atoms in total. The van der Waals surface area contributed by atoms with Gasteiger partial charge in [-0.15, -0.1) is 0 Å². The van der Waals surface area contributed by atoms with Gasteiger partial charge in [0.05, 0.1) is 12.8 Å². The van der Waals surface area contributed by atoms with E-state index < -0.39 is 10.0 Å². The summed E-state index contributed by atoms with van der Waals surface area (Å²) < 4.78 is 29.6. The topological polar surface area (TPSA) is 105 Å². The van der Waals surface area contributed by atoms with Crippen LogP contribution in [0.2, 0.25) is 0 Å². The zero-order valence-electron chi connectivity index (χ0n) is 14.8. The van der Waals surface area contributed by atoms with E-state index in [1.807, 2.05) is 31.2 Å². The second kappa shape index (κ2) is 7.55. The van der Waals surface area contributed by atoms with Gasteiger partial charge in [0, 0.05) is 24.6 Å². The van der Waals surface area contributed by atoms with E-state index >= 15 is 0 Å². The summed E-state index contributed by atoms with van der Waals surface area (Å²) in [7, 11) is -3.19. The Balaban J connectivity index is 1.53. The molecule has 0 unspecified atom stereocenters. The van der Waals surface area contributed by atoms with E-state index in [0.717, 1.165) is 11.1 Å². The standard InChI is InChI=1S/C17H22N4O4S/c1-12-4-3-5-14(10-12)16-19-15(25-20-16)11-18-17(22)13-6-8-21(9-7-13)26(2,23)24/h3-5,10,13H,6-9,11H2,1-2H3,(H,18,22). The summed E-state index contributed by atoms with van der Waals surface area (Å²) in [6.07, 6.45) is 2.21. The van der Waals surface area contributed by atoms with Crippen LogP contribution in [-0.2, 0) is 21.4 Å². The van der Waals surface area contributed by atoms with Gasteiger partial charge in [0.2, 0.25) is 27.6 Å². The van der Waals surface area contributed by atoms with Gasteiger partial charge < -0.3 is 9.84 Å². The summed E-state index contributed by atoms with van der Waals surface area (Å²) >= 11 is 0. The fourth-order valence-corrected chi connectivity index (χ4v) is 3.86. The first-order valence-electron chi connectivity index (χ1n) is 8.45. The molecule has 0 bridgehead atoms. The van der Waals surface area contributed by atoms with Crippen LogP contribution in [0.3, 0.4) is 0 Å². The van der Waals surface area contributed by atoms with Crippen LogP contribution in [0, 0.1) is 12.8 Å². The predicted octanol–water partition coefficient (Wildman–Crippen LogP) is 1.33. The third-order valence-corrected chi connectivity index (χ3v) is 5.76. The van der Waals surface area contributed by atoms with Gasteiger partial charge in [-0.1, -0.05) is 28.9 Å². The first-order chi connectivity index (χ1) is 12.3. The van der Waals surface area contributed by atoms with Gasteiger partial charge in [0.15, 0.2) is 0 Å². The molecule has 3 rings (SSSR count). The molecule has 1 amide bonds. The fourth-order valence-electron chi connectivity index (χ4n) is 2.98. The Morgan fingerprint density at radius 3 is 2.73 bits per heavy atom. The molecule has 0 spiro atoms. The van der Waals surface area contributed by atoms with Crippen molar-refractivity contribution in [3.63, 3.8) is 0 Å². The minimum absolute atomic E-state index is 0.117. The van der Waals surface area contributed by atoms with Gasteiger partial charge >= 0.3 is 0 Å². The largest absolute Gasteiger partial charge is 0.347 e. The molecule has 1 aromatic carbocycles. The number of rotatable bonds is 5. The number of nitrogens with one attached hydrogen (secondary N) is 1. The van der Waals surface area contributed by atoms with E-state index in [9.17, 15) is 13.2 Å². The van der Waals surface area contributed by atoms with Crippen molar-refractivity contribution in [1.29, 1.82) is 0 Å². The number of aryl methyl sites for hydroxylation is 1. The minimum Gasteiger partial charge on any atom is -0.347 e. The average Bonchev–Trinajstić information content (AvgIpc) is 3.08. The number of carbonyl (C=O) groups excluding carboxylic acids is 1. The zero-order valence-corrected chi connectivity index (χ0v) is 15.6. The maximum absolute atomic E-state index is 12.3. The number of hydrogen-bond acceptors (Lipinski definition) is 6. The lowest BCUT2D eigenvalue weighted by Gasteiger charge is -2.29. The van der Waals surface area contributed by atoms with Crippen LogP contribution in [0.1, 0.15) is 24.3 Å². The minimum atomic E-state index is -3.19. The fraction of sp³-hybridized carbons (Fsp3) is 0.471. The molecule has 1 aliphatic rings. The van der Waals surface area contributed by atoms with Crippen molar-refractivity contribution >= 4 is 15.9 Å². The molecule has 2 aromatic rings. The van der Waals surface area contributed by atoms with Gasteiger partial charge in [-0.2, -0.15) is 4.98 Å². The van der Waals surface area contributed by atoms with Crippen molar-refractivity contribution < 1.29 is 17.7 Å². The maximum Gasteiger partial charge on any atom is 0.246 e. The van der Waals surface area contributed by atoms with E-state index in [0.29, 0.717) is 37.6 Å². The lowest BCUT2D eigenvalue weighted by atomic mass is 9.97. The highest BCUT2D eigenvalue weighted by atomic mass is 32.2. The smallest absolute Gasteiger partial charge is 0.246 e. The third kappa shape index (κ3) is 4.47. The number of aromatic nitrogens is 2. The van der Waals surface area contributed by atoms with Crippen molar-refractivity contribution in [3.05, 3.63) is 35.7 Å². The summed E-state index contributed by atoms with van der Waals surface area (Å²) in [5, 5.41) is 6.74. The molecule has 0 aliphatic carbocycles. The molecule has 1 fully saturated rings. The number of amides is 1. The molecule has 0 saturated carbocycles. The summed E-state index contributed by atoms with van der Waals surface area (Å²) in [5.74, 6) is 0.503. The van der Waals surface area contributed by atoms with Gasteiger partial charge in [-0.05, 0) is 25.8 Å². The van der Waals surface area contributed by atoms with Crippen LogP contribution in [0.4, 0.5) is 0 Å². The molecular formula is C17H22N4O4S. The molecule has 0 radical (unpaired) electrons. The lowest BCUT2D eigenvalue weighted by Crippen LogP contribution is -2.42. The normalized spacial score (nSPS) is 16.5. The van der Waals surface area contributed by atoms with Crippen LogP contribution in [0.5, 0.6) is 0 Å². The second-order valence-electron chi connectivity index (χ2n) is 6.54. The highest BCUT2D eigenvalue weighted by Gasteiger charge is 2.28. The Hall–Kier alpha value is -2.26. The van der Waals surface area contributed by atoms with Crippen molar-refractivity contribution in [3.8, 4) is 11.4 Å². The van der Waals surface area contributed by atoms with Crippen LogP contribution < -0.4 is 5.32 Å². The first kappa shape index (κ1) is 18.5. The van der Waals surface area contributed by atoms with E-state index in [4.69, 9.17) is 4.52 Å². The van der Waals surface area contributed by atoms with E-state index in [2.05, 4.69) is 15.5 Å². The molecule has 1 aromatic heterocycles. The number of piperidine rings is 1. The van der Waals surface area contributed by atoms with Gasteiger partial charge in [-0.25, -0.2) is 12.7 Å². The van der Waals surface area contributed by atoms with E-state index in [1.165, 1.54) is 10.6 Å². The SMILES string of the molecule is Cc1cccc(-c2noc(CNC(=O)C3CCN(S(C)(=O)=O)CC3)n2)c1. The third-order valence-electron chi connectivity index (χ3n) is 4.45. The molecule has 1 saturated heterocycles. The van der Waals surface area contributed by atoms with Gasteiger partial charge in [0.25, 0.3) is 0 Å². The monoisotopic (exact) mass is 378 g/mol. The van der Waals surface area contributed by atoms with Gasteiger partial charge in [-0.3, -0.25) is 4.79 Å². The summed E-state index contributed by atoms with van der Waals surface area (Å²) in [4.78, 5) is 16.6. The maximum atomic E-state index is 12.3. The quantitative estimate of drug-likeness (QED) is 0.841. The first-order valence-corrected chi connectivity index (χ1v) is 10.3. The number of hydrogen-bond donors (Lipinski definition) is 1. The number of nitrogens with zero attached hydrogens (tertiary/aromatic N) is 3. The highest BCUT2D eigenvalue weighted by molar-refractivity contribution is 7.88. The van der Waals surface area contributed by atoms with Crippen molar-refractivity contribution in [2.45, 2.75) is 26.3 Å². The Morgan fingerprint density at radius 1 is 1.35 bits per heavy atom. The molecule has 1 N–H and O–H groups in total. The average molecular weight is 378 g/mol. The van der Waals surface area contributed by atoms with Crippen molar-refractivity contribution in [2.24, 2.45) is 5.92 Å². The van der Waals surface area contributed by atoms with Crippen LogP contribution in [0.25, 0.3) is 11.4 Å². The van der Waals surface area contributed by atoms with Crippen LogP contribution >= 0.6 is 0 Å². The molecular weight excluding hydrogens is 356 g/mol. The Labute approximate surface area is 152 Å². The van der Waals surface area contributed by atoms with Crippen LogP contribution in [-0.4, -0.2) is 48.1 Å². The van der Waals surface area contributed by atoms with Crippen molar-refractivity contribution in [2.75, 3.05) is 19.3 Å².